The molecule has 19 heavy (non-hydrogen) atoms. The molecule has 2 aromatic rings. The SMILES string of the molecule is O=C(Nc1cc(Cl)cc(Cl)c1)c1cc(Br)cnc1Cl. The van der Waals surface area contributed by atoms with Crippen molar-refractivity contribution in [2.24, 2.45) is 0 Å². The predicted molar refractivity (Wildman–Crippen MR) is 81.4 cm³/mol. The minimum Gasteiger partial charge on any atom is -0.322 e. The number of pyridine rings is 1. The third-order valence-electron chi connectivity index (χ3n) is 2.17. The van der Waals surface area contributed by atoms with Crippen LogP contribution in [-0.2, 0) is 0 Å². The highest BCUT2D eigenvalue weighted by Crippen LogP contribution is 2.24. The molecule has 0 radical (unpaired) electrons. The van der Waals surface area contributed by atoms with Gasteiger partial charge in [0.25, 0.3) is 5.91 Å². The van der Waals surface area contributed by atoms with Crippen LogP contribution in [0.2, 0.25) is 15.2 Å². The number of amides is 1. The molecule has 1 aromatic heterocycles. The Morgan fingerprint density at radius 1 is 1.11 bits per heavy atom. The number of anilines is 1. The second-order valence-corrected chi connectivity index (χ2v) is 5.75. The van der Waals surface area contributed by atoms with E-state index in [-0.39, 0.29) is 10.7 Å². The van der Waals surface area contributed by atoms with Gasteiger partial charge in [0.15, 0.2) is 0 Å². The fraction of sp³-hybridized carbons (Fsp3) is 0. The van der Waals surface area contributed by atoms with Gasteiger partial charge < -0.3 is 5.32 Å². The van der Waals surface area contributed by atoms with E-state index in [0.717, 1.165) is 0 Å². The van der Waals surface area contributed by atoms with E-state index < -0.39 is 5.91 Å². The fourth-order valence-corrected chi connectivity index (χ4v) is 2.45. The van der Waals surface area contributed by atoms with Gasteiger partial charge >= 0.3 is 0 Å². The lowest BCUT2D eigenvalue weighted by atomic mass is 10.2. The van der Waals surface area contributed by atoms with E-state index in [4.69, 9.17) is 34.8 Å². The van der Waals surface area contributed by atoms with Crippen LogP contribution in [0.3, 0.4) is 0 Å². The molecular weight excluding hydrogens is 374 g/mol. The van der Waals surface area contributed by atoms with Gasteiger partial charge in [-0.3, -0.25) is 4.79 Å². The summed E-state index contributed by atoms with van der Waals surface area (Å²) in [6, 6.07) is 6.33. The Bertz CT molecular complexity index is 629. The maximum atomic E-state index is 12.1. The van der Waals surface area contributed by atoms with Crippen LogP contribution in [0.4, 0.5) is 5.69 Å². The van der Waals surface area contributed by atoms with Gasteiger partial charge in [-0.05, 0) is 40.2 Å². The lowest BCUT2D eigenvalue weighted by Crippen LogP contribution is -2.13. The maximum Gasteiger partial charge on any atom is 0.258 e. The van der Waals surface area contributed by atoms with Crippen molar-refractivity contribution in [3.8, 4) is 0 Å². The van der Waals surface area contributed by atoms with E-state index in [1.165, 1.54) is 6.20 Å². The van der Waals surface area contributed by atoms with E-state index in [2.05, 4.69) is 26.2 Å². The molecule has 0 spiro atoms. The summed E-state index contributed by atoms with van der Waals surface area (Å²) in [5.74, 6) is -0.392. The zero-order valence-corrected chi connectivity index (χ0v) is 13.1. The highest BCUT2D eigenvalue weighted by atomic mass is 79.9. The van der Waals surface area contributed by atoms with Crippen molar-refractivity contribution < 1.29 is 4.79 Å². The van der Waals surface area contributed by atoms with Crippen LogP contribution in [0.25, 0.3) is 0 Å². The third-order valence-corrected chi connectivity index (χ3v) is 3.34. The Morgan fingerprint density at radius 2 is 1.74 bits per heavy atom. The Hall–Kier alpha value is -0.810. The van der Waals surface area contributed by atoms with Crippen molar-refractivity contribution in [3.63, 3.8) is 0 Å². The number of nitrogens with zero attached hydrogens (tertiary/aromatic N) is 1. The zero-order chi connectivity index (χ0) is 14.0. The van der Waals surface area contributed by atoms with Crippen LogP contribution in [0, 0.1) is 0 Å². The van der Waals surface area contributed by atoms with Gasteiger partial charge in [0, 0.05) is 26.4 Å². The second kappa shape index (κ2) is 6.09. The number of hydrogen-bond acceptors (Lipinski definition) is 2. The van der Waals surface area contributed by atoms with Gasteiger partial charge in [-0.15, -0.1) is 0 Å². The van der Waals surface area contributed by atoms with Crippen LogP contribution in [0.1, 0.15) is 10.4 Å². The molecule has 0 fully saturated rings. The summed E-state index contributed by atoms with van der Waals surface area (Å²) >= 11 is 20.8. The van der Waals surface area contributed by atoms with Crippen molar-refractivity contribution in [1.29, 1.82) is 0 Å². The van der Waals surface area contributed by atoms with Gasteiger partial charge in [0.2, 0.25) is 0 Å². The topological polar surface area (TPSA) is 42.0 Å². The Morgan fingerprint density at radius 3 is 2.37 bits per heavy atom. The van der Waals surface area contributed by atoms with Crippen molar-refractivity contribution in [3.05, 3.63) is 55.7 Å². The number of hydrogen-bond donors (Lipinski definition) is 1. The molecule has 0 saturated carbocycles. The molecule has 7 heteroatoms. The number of nitrogens with one attached hydrogen (secondary N) is 1. The Kier molecular flexibility index (Phi) is 4.68. The number of carbonyl (C=O) groups excluding carboxylic acids is 1. The van der Waals surface area contributed by atoms with Crippen LogP contribution in [0.5, 0.6) is 0 Å². The lowest BCUT2D eigenvalue weighted by Gasteiger charge is -2.07. The van der Waals surface area contributed by atoms with Gasteiger partial charge in [-0.1, -0.05) is 34.8 Å². The highest BCUT2D eigenvalue weighted by Gasteiger charge is 2.13. The van der Waals surface area contributed by atoms with Gasteiger partial charge in [0.05, 0.1) is 5.56 Å². The molecule has 1 aromatic carbocycles. The van der Waals surface area contributed by atoms with E-state index >= 15 is 0 Å². The van der Waals surface area contributed by atoms with Gasteiger partial charge in [-0.25, -0.2) is 4.98 Å². The highest BCUT2D eigenvalue weighted by molar-refractivity contribution is 9.10. The zero-order valence-electron chi connectivity index (χ0n) is 9.25. The molecule has 1 amide bonds. The number of aromatic nitrogens is 1. The molecule has 0 saturated heterocycles. The summed E-state index contributed by atoms with van der Waals surface area (Å²) in [5, 5.41) is 3.64. The minimum absolute atomic E-state index is 0.119. The third kappa shape index (κ3) is 3.83. The molecule has 0 aliphatic heterocycles. The molecule has 0 bridgehead atoms. The van der Waals surface area contributed by atoms with E-state index in [1.807, 2.05) is 0 Å². The monoisotopic (exact) mass is 378 g/mol. The average molecular weight is 380 g/mol. The smallest absolute Gasteiger partial charge is 0.258 e. The van der Waals surface area contributed by atoms with Crippen molar-refractivity contribution in [2.45, 2.75) is 0 Å². The van der Waals surface area contributed by atoms with E-state index in [1.54, 1.807) is 24.3 Å². The molecule has 2 rings (SSSR count). The largest absolute Gasteiger partial charge is 0.322 e. The molecule has 0 aliphatic rings. The molecule has 98 valence electrons. The van der Waals surface area contributed by atoms with E-state index in [0.29, 0.717) is 20.2 Å². The second-order valence-electron chi connectivity index (χ2n) is 3.60. The first kappa shape index (κ1) is 14.6. The van der Waals surface area contributed by atoms with Crippen molar-refractivity contribution in [2.75, 3.05) is 5.32 Å². The first-order valence-corrected chi connectivity index (χ1v) is 6.97. The molecule has 0 unspecified atom stereocenters. The average Bonchev–Trinajstić information content (AvgIpc) is 2.30. The van der Waals surface area contributed by atoms with Crippen molar-refractivity contribution in [1.82, 2.24) is 4.98 Å². The number of benzene rings is 1. The summed E-state index contributed by atoms with van der Waals surface area (Å²) in [7, 11) is 0. The minimum atomic E-state index is -0.392. The molecule has 0 atom stereocenters. The molecule has 1 N–H and O–H groups in total. The predicted octanol–water partition coefficient (Wildman–Crippen LogP) is 5.06. The molecule has 1 heterocycles. The maximum absolute atomic E-state index is 12.1. The Balaban J connectivity index is 2.28. The summed E-state index contributed by atoms with van der Waals surface area (Å²) in [6.45, 7) is 0. The van der Waals surface area contributed by atoms with Crippen LogP contribution in [0.15, 0.2) is 34.9 Å². The Labute approximate surface area is 133 Å². The van der Waals surface area contributed by atoms with Crippen LogP contribution >= 0.6 is 50.7 Å². The number of carbonyl (C=O) groups is 1. The molecular formula is C12H6BrCl3N2O. The summed E-state index contributed by atoms with van der Waals surface area (Å²) in [5.41, 5.74) is 0.741. The van der Waals surface area contributed by atoms with Crippen LogP contribution in [-0.4, -0.2) is 10.9 Å². The van der Waals surface area contributed by atoms with Gasteiger partial charge in [-0.2, -0.15) is 0 Å². The summed E-state index contributed by atoms with van der Waals surface area (Å²) in [6.07, 6.45) is 1.51. The van der Waals surface area contributed by atoms with Crippen molar-refractivity contribution >= 4 is 62.3 Å². The first-order valence-electron chi connectivity index (χ1n) is 5.04. The standard InChI is InChI=1S/C12H6BrCl3N2O/c13-6-1-10(11(16)17-5-6)12(19)18-9-3-7(14)2-8(15)4-9/h1-5H,(H,18,19). The number of halogens is 4. The first-order chi connectivity index (χ1) is 8.95. The normalized spacial score (nSPS) is 10.3. The van der Waals surface area contributed by atoms with Crippen LogP contribution < -0.4 is 5.32 Å². The summed E-state index contributed by atoms with van der Waals surface area (Å²) < 4.78 is 0.658. The van der Waals surface area contributed by atoms with Gasteiger partial charge in [0.1, 0.15) is 5.15 Å². The quantitative estimate of drug-likeness (QED) is 0.740. The fourth-order valence-electron chi connectivity index (χ4n) is 1.41. The van der Waals surface area contributed by atoms with E-state index in [9.17, 15) is 4.79 Å². The summed E-state index contributed by atoms with van der Waals surface area (Å²) in [4.78, 5) is 15.9. The molecule has 0 aliphatic carbocycles. The number of rotatable bonds is 2. The molecule has 3 nitrogen and oxygen atoms in total. The lowest BCUT2D eigenvalue weighted by molar-refractivity contribution is 0.102.